The van der Waals surface area contributed by atoms with Crippen molar-refractivity contribution in [3.05, 3.63) is 0 Å². The molecule has 112 valence electrons. The van der Waals surface area contributed by atoms with Crippen LogP contribution >= 0.6 is 26.3 Å². The van der Waals surface area contributed by atoms with Gasteiger partial charge in [-0.3, -0.25) is 0 Å². The Kier molecular flexibility index (Phi) is 10.6. The third-order valence-electron chi connectivity index (χ3n) is 4.94. The van der Waals surface area contributed by atoms with Gasteiger partial charge in [-0.2, -0.15) is 0 Å². The molecule has 0 aromatic carbocycles. The fourth-order valence-electron chi connectivity index (χ4n) is 2.79. The zero-order chi connectivity index (χ0) is 13.9. The fraction of sp³-hybridized carbons (Fsp3) is 1.00. The zero-order valence-electron chi connectivity index (χ0n) is 13.3. The molecule has 0 amide bonds. The van der Waals surface area contributed by atoms with E-state index >= 15 is 0 Å². The molecule has 18 heavy (non-hydrogen) atoms. The second-order valence-electron chi connectivity index (χ2n) is 5.97. The van der Waals surface area contributed by atoms with Crippen LogP contribution in [0, 0.1) is 0 Å². The molecule has 0 saturated carbocycles. The summed E-state index contributed by atoms with van der Waals surface area (Å²) in [5.74, 6) is 0. The Hall–Kier alpha value is 1.16. The summed E-state index contributed by atoms with van der Waals surface area (Å²) in [7, 11) is 0. The summed E-state index contributed by atoms with van der Waals surface area (Å²) in [5, 5.41) is 0. The summed E-state index contributed by atoms with van der Waals surface area (Å²) in [6, 6.07) is 0. The maximum atomic E-state index is 2.91. The Bertz CT molecular complexity index is 188. The first-order valence-corrected chi connectivity index (χ1v) is 14.0. The van der Waals surface area contributed by atoms with E-state index < -0.39 is 4.25 Å². The van der Waals surface area contributed by atoms with Crippen molar-refractivity contribution in [1.82, 2.24) is 0 Å². The molecule has 0 spiro atoms. The molecular formula is C16H36IP. The summed E-state index contributed by atoms with van der Waals surface area (Å²) in [6.45, 7) is 9.59. The average Bonchev–Trinajstić information content (AvgIpc) is 2.42. The van der Waals surface area contributed by atoms with Crippen LogP contribution in [0.3, 0.4) is 0 Å². The van der Waals surface area contributed by atoms with E-state index in [1.54, 1.807) is 6.16 Å². The van der Waals surface area contributed by atoms with Crippen LogP contribution in [0.1, 0.15) is 79.1 Å². The molecular weight excluding hydrogens is 350 g/mol. The van der Waals surface area contributed by atoms with Crippen LogP contribution in [0.25, 0.3) is 0 Å². The molecule has 0 aromatic heterocycles. The Labute approximate surface area is 129 Å². The van der Waals surface area contributed by atoms with Gasteiger partial charge in [0.15, 0.2) is 0 Å². The Morgan fingerprint density at radius 1 is 0.611 bits per heavy atom. The quantitative estimate of drug-likeness (QED) is 0.191. The molecule has 0 heterocycles. The van der Waals surface area contributed by atoms with Gasteiger partial charge in [-0.05, 0) is 0 Å². The van der Waals surface area contributed by atoms with Crippen LogP contribution in [-0.2, 0) is 0 Å². The van der Waals surface area contributed by atoms with Crippen LogP contribution < -0.4 is 0 Å². The van der Waals surface area contributed by atoms with E-state index in [-0.39, 0.29) is 0 Å². The van der Waals surface area contributed by atoms with Gasteiger partial charge < -0.3 is 0 Å². The predicted octanol–water partition coefficient (Wildman–Crippen LogP) is 7.09. The van der Waals surface area contributed by atoms with Gasteiger partial charge in [0.2, 0.25) is 0 Å². The maximum absolute atomic E-state index is 2.91. The average molecular weight is 386 g/mol. The molecule has 0 atom stereocenters. The number of rotatable bonds is 12. The predicted molar refractivity (Wildman–Crippen MR) is 100 cm³/mol. The molecule has 0 rings (SSSR count). The summed E-state index contributed by atoms with van der Waals surface area (Å²) in [6.07, 6.45) is 17.6. The van der Waals surface area contributed by atoms with E-state index in [2.05, 4.69) is 49.7 Å². The minimum atomic E-state index is -1.30. The fourth-order valence-corrected chi connectivity index (χ4v) is 7.11. The van der Waals surface area contributed by atoms with Crippen LogP contribution in [0.2, 0.25) is 0 Å². The monoisotopic (exact) mass is 386 g/mol. The van der Waals surface area contributed by atoms with Gasteiger partial charge in [0.25, 0.3) is 0 Å². The first-order valence-electron chi connectivity index (χ1n) is 8.26. The molecule has 0 saturated heterocycles. The molecule has 0 N–H and O–H groups in total. The van der Waals surface area contributed by atoms with Gasteiger partial charge >= 0.3 is 130 Å². The standard InChI is InChI=1S/C16H36IP/c1-5-9-10-11-12-13-14-15-16-18(17,6-2,7-3)8-4/h5-16H2,1-4H3. The minimum absolute atomic E-state index is 1.30. The summed E-state index contributed by atoms with van der Waals surface area (Å²) in [4.78, 5) is 0. The van der Waals surface area contributed by atoms with E-state index in [4.69, 9.17) is 0 Å². The molecule has 0 aliphatic heterocycles. The normalized spacial score (nSPS) is 14.4. The van der Waals surface area contributed by atoms with Crippen molar-refractivity contribution >= 4 is 26.3 Å². The molecule has 0 nitrogen and oxygen atoms in total. The van der Waals surface area contributed by atoms with E-state index in [0.717, 1.165) is 0 Å². The van der Waals surface area contributed by atoms with Gasteiger partial charge in [0, 0.05) is 0 Å². The molecule has 0 radical (unpaired) electrons. The number of unbranched alkanes of at least 4 members (excludes halogenated alkanes) is 7. The van der Waals surface area contributed by atoms with Crippen LogP contribution in [-0.4, -0.2) is 24.6 Å². The molecule has 0 bridgehead atoms. The van der Waals surface area contributed by atoms with Gasteiger partial charge in [0.1, 0.15) is 0 Å². The summed E-state index contributed by atoms with van der Waals surface area (Å²) < 4.78 is -1.30. The first-order chi connectivity index (χ1) is 8.54. The van der Waals surface area contributed by atoms with Crippen molar-refractivity contribution in [2.75, 3.05) is 24.6 Å². The van der Waals surface area contributed by atoms with Gasteiger partial charge in [0.05, 0.1) is 0 Å². The van der Waals surface area contributed by atoms with Crippen molar-refractivity contribution < 1.29 is 0 Å². The topological polar surface area (TPSA) is 0 Å². The zero-order valence-corrected chi connectivity index (χ0v) is 16.4. The van der Waals surface area contributed by atoms with Gasteiger partial charge in [-0.1, -0.05) is 0 Å². The van der Waals surface area contributed by atoms with E-state index in [1.807, 2.05) is 0 Å². The van der Waals surface area contributed by atoms with Crippen molar-refractivity contribution in [3.8, 4) is 0 Å². The number of hydrogen-bond acceptors (Lipinski definition) is 0. The molecule has 0 aliphatic rings. The van der Waals surface area contributed by atoms with Gasteiger partial charge in [-0.25, -0.2) is 0 Å². The van der Waals surface area contributed by atoms with E-state index in [1.165, 1.54) is 69.9 Å². The molecule has 2 heteroatoms. The van der Waals surface area contributed by atoms with Crippen molar-refractivity contribution in [2.45, 2.75) is 79.1 Å². The van der Waals surface area contributed by atoms with Crippen molar-refractivity contribution in [3.63, 3.8) is 0 Å². The molecule has 0 fully saturated rings. The van der Waals surface area contributed by atoms with E-state index in [0.29, 0.717) is 0 Å². The van der Waals surface area contributed by atoms with E-state index in [9.17, 15) is 0 Å². The number of hydrogen-bond donors (Lipinski definition) is 0. The summed E-state index contributed by atoms with van der Waals surface area (Å²) in [5.41, 5.74) is 0. The molecule has 0 aliphatic carbocycles. The van der Waals surface area contributed by atoms with Crippen molar-refractivity contribution in [2.24, 2.45) is 0 Å². The van der Waals surface area contributed by atoms with Crippen LogP contribution in [0.4, 0.5) is 0 Å². The van der Waals surface area contributed by atoms with Crippen LogP contribution in [0.15, 0.2) is 0 Å². The summed E-state index contributed by atoms with van der Waals surface area (Å²) >= 11 is 2.91. The Morgan fingerprint density at radius 3 is 1.39 bits per heavy atom. The third-order valence-corrected chi connectivity index (χ3v) is 18.7. The Morgan fingerprint density at radius 2 is 1.00 bits per heavy atom. The van der Waals surface area contributed by atoms with Gasteiger partial charge in [-0.15, -0.1) is 0 Å². The number of halogens is 1. The SMILES string of the molecule is CCCCCCCCCCP(I)(CC)(CC)CC. The third kappa shape index (κ3) is 7.08. The molecule has 0 aromatic rings. The molecule has 0 unspecified atom stereocenters. The second-order valence-corrected chi connectivity index (χ2v) is 20.1. The van der Waals surface area contributed by atoms with Crippen LogP contribution in [0.5, 0.6) is 0 Å². The second kappa shape index (κ2) is 9.97. The van der Waals surface area contributed by atoms with Crippen molar-refractivity contribution in [1.29, 1.82) is 0 Å². The Balaban J connectivity index is 3.69. The first kappa shape index (κ1) is 19.2.